The zero-order valence-corrected chi connectivity index (χ0v) is 16.4. The summed E-state index contributed by atoms with van der Waals surface area (Å²) in [6.45, 7) is 2.97. The highest BCUT2D eigenvalue weighted by Gasteiger charge is 2.48. The van der Waals surface area contributed by atoms with E-state index < -0.39 is 6.17 Å². The van der Waals surface area contributed by atoms with Gasteiger partial charge in [0.2, 0.25) is 5.89 Å². The smallest absolute Gasteiger partial charge is 0.315 e. The summed E-state index contributed by atoms with van der Waals surface area (Å²) in [6, 6.07) is 0.178. The first-order valence-corrected chi connectivity index (χ1v) is 10.7. The molecule has 1 aliphatic heterocycles. The van der Waals surface area contributed by atoms with Gasteiger partial charge in [0.15, 0.2) is 5.82 Å². The third kappa shape index (κ3) is 3.63. The van der Waals surface area contributed by atoms with E-state index in [1.54, 1.807) is 6.92 Å². The van der Waals surface area contributed by atoms with E-state index in [0.29, 0.717) is 55.6 Å². The minimum atomic E-state index is -0.882. The number of hydrogen-bond acceptors (Lipinski definition) is 5. The Morgan fingerprint density at radius 2 is 1.89 bits per heavy atom. The van der Waals surface area contributed by atoms with Gasteiger partial charge in [0.25, 0.3) is 0 Å². The van der Waals surface area contributed by atoms with Gasteiger partial charge in [-0.3, -0.25) is 4.90 Å². The number of halogens is 1. The molecule has 2 atom stereocenters. The van der Waals surface area contributed by atoms with E-state index in [2.05, 4.69) is 20.8 Å². The molecule has 6 rings (SSSR count). The second-order valence-corrected chi connectivity index (χ2v) is 9.46. The van der Waals surface area contributed by atoms with Crippen molar-refractivity contribution in [2.75, 3.05) is 13.1 Å². The molecule has 1 aromatic heterocycles. The summed E-state index contributed by atoms with van der Waals surface area (Å²) in [7, 11) is 0. The maximum atomic E-state index is 14.0. The lowest BCUT2D eigenvalue weighted by Crippen LogP contribution is -2.58. The number of nitrogens with zero attached hydrogens (tertiary/aromatic N) is 3. The van der Waals surface area contributed by atoms with Gasteiger partial charge in [-0.25, -0.2) is 9.18 Å². The average Bonchev–Trinajstić information content (AvgIpc) is 3.21. The SMILES string of the molecule is Cc1nc(CN2C[C@@H](F)C[C@H]2CNC(=O)NC2C3CC4CC(C3)CC2C4)no1. The Labute approximate surface area is 164 Å². The van der Waals surface area contributed by atoms with E-state index >= 15 is 0 Å². The van der Waals surface area contributed by atoms with Crippen LogP contribution in [0.15, 0.2) is 4.52 Å². The van der Waals surface area contributed by atoms with Crippen molar-refractivity contribution in [3.63, 3.8) is 0 Å². The van der Waals surface area contributed by atoms with Crippen LogP contribution in [-0.4, -0.2) is 52.4 Å². The second-order valence-electron chi connectivity index (χ2n) is 9.46. The summed E-state index contributed by atoms with van der Waals surface area (Å²) >= 11 is 0. The lowest BCUT2D eigenvalue weighted by Gasteiger charge is -2.54. The van der Waals surface area contributed by atoms with E-state index in [1.165, 1.54) is 32.1 Å². The Balaban J connectivity index is 1.13. The van der Waals surface area contributed by atoms with Crippen LogP contribution in [0.2, 0.25) is 0 Å². The van der Waals surface area contributed by atoms with Gasteiger partial charge in [0.05, 0.1) is 6.54 Å². The third-order valence-corrected chi connectivity index (χ3v) is 7.41. The fourth-order valence-electron chi connectivity index (χ4n) is 6.49. The molecule has 5 aliphatic rings. The number of carbonyl (C=O) groups is 1. The van der Waals surface area contributed by atoms with Gasteiger partial charge in [0.1, 0.15) is 6.17 Å². The molecule has 0 radical (unpaired) electrons. The second kappa shape index (κ2) is 7.28. The summed E-state index contributed by atoms with van der Waals surface area (Å²) < 4.78 is 19.0. The molecule has 154 valence electrons. The zero-order chi connectivity index (χ0) is 19.3. The summed E-state index contributed by atoms with van der Waals surface area (Å²) in [5, 5.41) is 10.2. The summed E-state index contributed by atoms with van der Waals surface area (Å²) in [6.07, 6.45) is 6.07. The van der Waals surface area contributed by atoms with Crippen LogP contribution in [0.4, 0.5) is 9.18 Å². The topological polar surface area (TPSA) is 83.3 Å². The predicted molar refractivity (Wildman–Crippen MR) is 100 cm³/mol. The number of urea groups is 1. The molecule has 1 aromatic rings. The summed E-state index contributed by atoms with van der Waals surface area (Å²) in [4.78, 5) is 18.8. The first kappa shape index (κ1) is 18.3. The molecule has 28 heavy (non-hydrogen) atoms. The van der Waals surface area contributed by atoms with Crippen LogP contribution in [0, 0.1) is 30.6 Å². The molecule has 2 N–H and O–H groups in total. The lowest BCUT2D eigenvalue weighted by atomic mass is 9.54. The van der Waals surface area contributed by atoms with Crippen molar-refractivity contribution in [2.24, 2.45) is 23.7 Å². The Bertz CT molecular complexity index is 697. The third-order valence-electron chi connectivity index (χ3n) is 7.41. The molecular weight excluding hydrogens is 361 g/mol. The minimum absolute atomic E-state index is 0.0435. The number of likely N-dealkylation sites (tertiary alicyclic amines) is 1. The van der Waals surface area contributed by atoms with Gasteiger partial charge in [-0.1, -0.05) is 5.16 Å². The van der Waals surface area contributed by atoms with Crippen molar-refractivity contribution >= 4 is 6.03 Å². The van der Waals surface area contributed by atoms with Crippen LogP contribution in [-0.2, 0) is 6.54 Å². The van der Waals surface area contributed by atoms with E-state index in [4.69, 9.17) is 4.52 Å². The minimum Gasteiger partial charge on any atom is -0.340 e. The van der Waals surface area contributed by atoms with Gasteiger partial charge >= 0.3 is 6.03 Å². The number of nitrogens with one attached hydrogen (secondary N) is 2. The largest absolute Gasteiger partial charge is 0.340 e. The molecular formula is C20H30FN5O2. The van der Waals surface area contributed by atoms with Crippen molar-refractivity contribution in [2.45, 2.75) is 70.2 Å². The van der Waals surface area contributed by atoms with E-state index in [1.807, 2.05) is 4.90 Å². The average molecular weight is 391 g/mol. The Morgan fingerprint density at radius 3 is 2.54 bits per heavy atom. The highest BCUT2D eigenvalue weighted by atomic mass is 19.1. The van der Waals surface area contributed by atoms with Gasteiger partial charge < -0.3 is 15.2 Å². The molecule has 1 saturated heterocycles. The van der Waals surface area contributed by atoms with Crippen LogP contribution in [0.1, 0.15) is 50.2 Å². The predicted octanol–water partition coefficient (Wildman–Crippen LogP) is 2.41. The van der Waals surface area contributed by atoms with E-state index in [0.717, 1.165) is 11.8 Å². The van der Waals surface area contributed by atoms with Crippen LogP contribution in [0.3, 0.4) is 0 Å². The van der Waals surface area contributed by atoms with E-state index in [-0.39, 0.29) is 12.1 Å². The van der Waals surface area contributed by atoms with Crippen molar-refractivity contribution in [3.8, 4) is 0 Å². The Morgan fingerprint density at radius 1 is 1.18 bits per heavy atom. The molecule has 4 saturated carbocycles. The van der Waals surface area contributed by atoms with Crippen molar-refractivity contribution in [1.29, 1.82) is 0 Å². The number of aromatic nitrogens is 2. The van der Waals surface area contributed by atoms with E-state index in [9.17, 15) is 9.18 Å². The van der Waals surface area contributed by atoms with Crippen LogP contribution >= 0.6 is 0 Å². The first-order valence-electron chi connectivity index (χ1n) is 10.7. The van der Waals surface area contributed by atoms with Gasteiger partial charge in [0, 0.05) is 32.1 Å². The summed E-state index contributed by atoms with van der Waals surface area (Å²) in [5.41, 5.74) is 0. The number of rotatable bonds is 5. The molecule has 0 aromatic carbocycles. The monoisotopic (exact) mass is 391 g/mol. The maximum absolute atomic E-state index is 14.0. The molecule has 4 aliphatic carbocycles. The molecule has 0 unspecified atom stereocenters. The zero-order valence-electron chi connectivity index (χ0n) is 16.4. The Hall–Kier alpha value is -1.70. The van der Waals surface area contributed by atoms with Crippen molar-refractivity contribution in [3.05, 3.63) is 11.7 Å². The number of amides is 2. The van der Waals surface area contributed by atoms with Gasteiger partial charge in [-0.05, 0) is 62.2 Å². The molecule has 7 nitrogen and oxygen atoms in total. The molecule has 2 heterocycles. The fourth-order valence-corrected chi connectivity index (χ4v) is 6.49. The van der Waals surface area contributed by atoms with Gasteiger partial charge in [-0.15, -0.1) is 0 Å². The van der Waals surface area contributed by atoms with Crippen LogP contribution in [0.5, 0.6) is 0 Å². The highest BCUT2D eigenvalue weighted by Crippen LogP contribution is 2.53. The Kier molecular flexibility index (Phi) is 4.77. The standard InChI is InChI=1S/C20H30FN5O2/c1-11-23-18(25-28-11)10-26-9-16(21)7-17(26)8-22-20(27)24-19-14-3-12-2-13(5-14)6-15(19)4-12/h12-17,19H,2-10H2,1H3,(H2,22,24,27)/t12?,13?,14?,15?,16-,17-,19?/m0/s1. The first-order chi connectivity index (χ1) is 13.5. The van der Waals surface area contributed by atoms with Crippen LogP contribution in [0.25, 0.3) is 0 Å². The normalized spacial score (nSPS) is 39.4. The van der Waals surface area contributed by atoms with Gasteiger partial charge in [-0.2, -0.15) is 4.98 Å². The molecule has 5 fully saturated rings. The number of aryl methyl sites for hydroxylation is 1. The highest BCUT2D eigenvalue weighted by molar-refractivity contribution is 5.74. The molecule has 4 bridgehead atoms. The lowest BCUT2D eigenvalue weighted by molar-refractivity contribution is -0.00945. The van der Waals surface area contributed by atoms with Crippen molar-refractivity contribution < 1.29 is 13.7 Å². The molecule has 8 heteroatoms. The maximum Gasteiger partial charge on any atom is 0.315 e. The van der Waals surface area contributed by atoms with Crippen LogP contribution < -0.4 is 10.6 Å². The number of carbonyl (C=O) groups excluding carboxylic acids is 1. The van der Waals surface area contributed by atoms with Crippen molar-refractivity contribution in [1.82, 2.24) is 25.7 Å². The number of hydrogen-bond donors (Lipinski definition) is 2. The molecule has 0 spiro atoms. The quantitative estimate of drug-likeness (QED) is 0.805. The molecule has 2 amide bonds. The number of alkyl halides is 1. The summed E-state index contributed by atoms with van der Waals surface area (Å²) in [5.74, 6) is 4.17. The fraction of sp³-hybridized carbons (Fsp3) is 0.850.